The molecule has 0 aromatic carbocycles. The lowest BCUT2D eigenvalue weighted by Crippen LogP contribution is -2.37. The molecule has 0 amide bonds. The molecule has 1 unspecified atom stereocenters. The van der Waals surface area contributed by atoms with Crippen molar-refractivity contribution < 1.29 is 30.0 Å². The zero-order valence-corrected chi connectivity index (χ0v) is 8.87. The summed E-state index contributed by atoms with van der Waals surface area (Å²) in [6, 6.07) is 0. The highest BCUT2D eigenvalue weighted by Gasteiger charge is 2.23. The molecule has 0 aromatic heterocycles. The Balaban J connectivity index is 4.31. The van der Waals surface area contributed by atoms with Crippen molar-refractivity contribution in [2.45, 2.75) is 6.42 Å². The van der Waals surface area contributed by atoms with Gasteiger partial charge in [-0.1, -0.05) is 0 Å². The summed E-state index contributed by atoms with van der Waals surface area (Å²) >= 11 is 0. The molecule has 0 spiro atoms. The van der Waals surface area contributed by atoms with Crippen LogP contribution in [0.2, 0.25) is 0 Å². The van der Waals surface area contributed by atoms with E-state index >= 15 is 0 Å². The van der Waals surface area contributed by atoms with Crippen LogP contribution in [0.15, 0.2) is 0 Å². The maximum absolute atomic E-state index is 10.8. The molecule has 0 radical (unpaired) electrons. The Morgan fingerprint density at radius 2 is 1.56 bits per heavy atom. The molecule has 1 atom stereocenters. The monoisotopic (exact) mass is 235 g/mol. The average molecular weight is 235 g/mol. The number of carboxylic acid groups (broad SMARTS) is 2. The van der Waals surface area contributed by atoms with Crippen molar-refractivity contribution in [1.82, 2.24) is 4.90 Å². The Labute approximate surface area is 92.9 Å². The van der Waals surface area contributed by atoms with E-state index in [2.05, 4.69) is 0 Å². The molecule has 0 aromatic rings. The molecule has 0 fully saturated rings. The smallest absolute Gasteiger partial charge is 0.308 e. The van der Waals surface area contributed by atoms with Crippen molar-refractivity contribution in [3.05, 3.63) is 0 Å². The molecular weight excluding hydrogens is 218 g/mol. The van der Waals surface area contributed by atoms with Crippen LogP contribution in [0.4, 0.5) is 0 Å². The van der Waals surface area contributed by atoms with Crippen LogP contribution in [0.3, 0.4) is 0 Å². The second-order valence-electron chi connectivity index (χ2n) is 3.38. The first-order valence-electron chi connectivity index (χ1n) is 4.90. The van der Waals surface area contributed by atoms with Crippen molar-refractivity contribution in [2.75, 3.05) is 32.8 Å². The van der Waals surface area contributed by atoms with Crippen molar-refractivity contribution >= 4 is 11.9 Å². The minimum Gasteiger partial charge on any atom is -0.481 e. The van der Waals surface area contributed by atoms with Crippen LogP contribution in [0.1, 0.15) is 6.42 Å². The maximum Gasteiger partial charge on any atom is 0.308 e. The van der Waals surface area contributed by atoms with Gasteiger partial charge in [-0.3, -0.25) is 14.5 Å². The molecule has 4 N–H and O–H groups in total. The molecular formula is C9H17NO6. The van der Waals surface area contributed by atoms with Crippen molar-refractivity contribution in [2.24, 2.45) is 5.92 Å². The standard InChI is InChI=1S/C9H17NO6/c11-3-1-10(2-4-12)6-7(9(15)16)5-8(13)14/h7,11-12H,1-6H2,(H,13,14)(H,15,16). The summed E-state index contributed by atoms with van der Waals surface area (Å²) in [6.07, 6.45) is -0.470. The van der Waals surface area contributed by atoms with E-state index in [0.717, 1.165) is 0 Å². The first-order chi connectivity index (χ1) is 7.51. The van der Waals surface area contributed by atoms with E-state index < -0.39 is 24.3 Å². The molecule has 0 bridgehead atoms. The Bertz CT molecular complexity index is 226. The van der Waals surface area contributed by atoms with Crippen molar-refractivity contribution in [1.29, 1.82) is 0 Å². The number of rotatable bonds is 9. The van der Waals surface area contributed by atoms with E-state index in [1.807, 2.05) is 0 Å². The van der Waals surface area contributed by atoms with E-state index in [9.17, 15) is 9.59 Å². The summed E-state index contributed by atoms with van der Waals surface area (Å²) < 4.78 is 0. The van der Waals surface area contributed by atoms with Gasteiger partial charge in [0.25, 0.3) is 0 Å². The van der Waals surface area contributed by atoms with E-state index in [-0.39, 0.29) is 32.8 Å². The minimum atomic E-state index is -1.19. The fraction of sp³-hybridized carbons (Fsp3) is 0.778. The van der Waals surface area contributed by atoms with Crippen molar-refractivity contribution in [3.63, 3.8) is 0 Å². The SMILES string of the molecule is O=C(O)CC(CN(CCO)CCO)C(=O)O. The number of aliphatic carboxylic acids is 2. The Hall–Kier alpha value is -1.18. The molecule has 0 heterocycles. The zero-order chi connectivity index (χ0) is 12.6. The van der Waals surface area contributed by atoms with Crippen LogP contribution >= 0.6 is 0 Å². The molecule has 0 aliphatic rings. The lowest BCUT2D eigenvalue weighted by Gasteiger charge is -2.23. The molecule has 94 valence electrons. The third-order valence-electron chi connectivity index (χ3n) is 2.08. The van der Waals surface area contributed by atoms with Crippen LogP contribution < -0.4 is 0 Å². The van der Waals surface area contributed by atoms with Gasteiger partial charge in [-0.05, 0) is 0 Å². The Morgan fingerprint density at radius 1 is 1.06 bits per heavy atom. The number of aliphatic hydroxyl groups is 2. The van der Waals surface area contributed by atoms with Gasteiger partial charge in [0, 0.05) is 19.6 Å². The van der Waals surface area contributed by atoms with Crippen LogP contribution in [-0.2, 0) is 9.59 Å². The molecule has 0 aliphatic carbocycles. The van der Waals surface area contributed by atoms with Crippen molar-refractivity contribution in [3.8, 4) is 0 Å². The summed E-state index contributed by atoms with van der Waals surface area (Å²) in [5.74, 6) is -3.40. The number of carboxylic acids is 2. The number of hydrogen-bond donors (Lipinski definition) is 4. The molecule has 16 heavy (non-hydrogen) atoms. The van der Waals surface area contributed by atoms with Crippen LogP contribution in [0.25, 0.3) is 0 Å². The highest BCUT2D eigenvalue weighted by Crippen LogP contribution is 2.06. The summed E-state index contributed by atoms with van der Waals surface area (Å²) in [5, 5.41) is 34.7. The minimum absolute atomic E-state index is 0.00273. The van der Waals surface area contributed by atoms with E-state index in [1.54, 1.807) is 0 Å². The second kappa shape index (κ2) is 8.03. The summed E-state index contributed by atoms with van der Waals surface area (Å²) in [7, 11) is 0. The van der Waals surface area contributed by atoms with Crippen LogP contribution in [0, 0.1) is 5.92 Å². The first-order valence-corrected chi connectivity index (χ1v) is 4.90. The number of aliphatic hydroxyl groups excluding tert-OH is 2. The van der Waals surface area contributed by atoms with Gasteiger partial charge in [-0.15, -0.1) is 0 Å². The van der Waals surface area contributed by atoms with Crippen LogP contribution in [-0.4, -0.2) is 70.1 Å². The van der Waals surface area contributed by atoms with E-state index in [1.165, 1.54) is 4.90 Å². The van der Waals surface area contributed by atoms with Gasteiger partial charge in [0.2, 0.25) is 0 Å². The highest BCUT2D eigenvalue weighted by atomic mass is 16.4. The lowest BCUT2D eigenvalue weighted by molar-refractivity contribution is -0.149. The lowest BCUT2D eigenvalue weighted by atomic mass is 10.1. The van der Waals surface area contributed by atoms with Gasteiger partial charge in [0.1, 0.15) is 0 Å². The third kappa shape index (κ3) is 6.33. The molecule has 7 heteroatoms. The molecule has 7 nitrogen and oxygen atoms in total. The molecule has 0 saturated carbocycles. The van der Waals surface area contributed by atoms with Gasteiger partial charge >= 0.3 is 11.9 Å². The molecule has 0 rings (SSSR count). The Kier molecular flexibility index (Phi) is 7.44. The van der Waals surface area contributed by atoms with Gasteiger partial charge in [-0.25, -0.2) is 0 Å². The first kappa shape index (κ1) is 14.8. The normalized spacial score (nSPS) is 12.7. The predicted molar refractivity (Wildman–Crippen MR) is 54.0 cm³/mol. The third-order valence-corrected chi connectivity index (χ3v) is 2.08. The van der Waals surface area contributed by atoms with Gasteiger partial charge < -0.3 is 20.4 Å². The zero-order valence-electron chi connectivity index (χ0n) is 8.87. The largest absolute Gasteiger partial charge is 0.481 e. The quantitative estimate of drug-likeness (QED) is 0.382. The molecule has 0 saturated heterocycles. The van der Waals surface area contributed by atoms with E-state index in [0.29, 0.717) is 0 Å². The fourth-order valence-corrected chi connectivity index (χ4v) is 1.33. The summed E-state index contributed by atoms with van der Waals surface area (Å²) in [6.45, 7) is 0.0928. The Morgan fingerprint density at radius 3 is 1.88 bits per heavy atom. The van der Waals surface area contributed by atoms with E-state index in [4.69, 9.17) is 20.4 Å². The predicted octanol–water partition coefficient (Wildman–Crippen LogP) is -1.55. The number of nitrogens with zero attached hydrogens (tertiary/aromatic N) is 1. The summed E-state index contributed by atoms with van der Waals surface area (Å²) in [5.41, 5.74) is 0. The summed E-state index contributed by atoms with van der Waals surface area (Å²) in [4.78, 5) is 22.7. The average Bonchev–Trinajstić information content (AvgIpc) is 2.16. The second-order valence-corrected chi connectivity index (χ2v) is 3.38. The number of hydrogen-bond acceptors (Lipinski definition) is 5. The molecule has 0 aliphatic heterocycles. The topological polar surface area (TPSA) is 118 Å². The van der Waals surface area contributed by atoms with Crippen LogP contribution in [0.5, 0.6) is 0 Å². The van der Waals surface area contributed by atoms with Gasteiger partial charge in [-0.2, -0.15) is 0 Å². The fourth-order valence-electron chi connectivity index (χ4n) is 1.33. The highest BCUT2D eigenvalue weighted by molar-refractivity contribution is 5.77. The number of carbonyl (C=O) groups is 2. The maximum atomic E-state index is 10.8. The van der Waals surface area contributed by atoms with Gasteiger partial charge in [0.15, 0.2) is 0 Å². The van der Waals surface area contributed by atoms with Gasteiger partial charge in [0.05, 0.1) is 25.6 Å².